The van der Waals surface area contributed by atoms with Crippen LogP contribution in [0.4, 0.5) is 0 Å². The van der Waals surface area contributed by atoms with Crippen molar-refractivity contribution in [2.45, 2.75) is 6.92 Å². The van der Waals surface area contributed by atoms with Gasteiger partial charge in [0.2, 0.25) is 0 Å². The fourth-order valence-electron chi connectivity index (χ4n) is 3.39. The molecular formula is C27H22N2O4. The molecule has 33 heavy (non-hydrogen) atoms. The van der Waals surface area contributed by atoms with E-state index in [1.807, 2.05) is 49.4 Å². The molecule has 0 aliphatic heterocycles. The predicted octanol–water partition coefficient (Wildman–Crippen LogP) is 5.14. The lowest BCUT2D eigenvalue weighted by atomic mass is 10.0. The zero-order chi connectivity index (χ0) is 23.2. The fraction of sp³-hybridized carbons (Fsp3) is 0.0741. The Morgan fingerprint density at radius 1 is 0.879 bits per heavy atom. The minimum absolute atomic E-state index is 0.327. The lowest BCUT2D eigenvalue weighted by Gasteiger charge is -2.11. The average Bonchev–Trinajstić information content (AvgIpc) is 2.85. The van der Waals surface area contributed by atoms with Crippen molar-refractivity contribution < 1.29 is 19.1 Å². The molecule has 1 amide bonds. The summed E-state index contributed by atoms with van der Waals surface area (Å²) in [6, 6.07) is 25.2. The second kappa shape index (κ2) is 9.78. The van der Waals surface area contributed by atoms with E-state index in [-0.39, 0.29) is 5.91 Å². The summed E-state index contributed by atoms with van der Waals surface area (Å²) in [4.78, 5) is 25.2. The Kier molecular flexibility index (Phi) is 6.45. The van der Waals surface area contributed by atoms with Crippen LogP contribution in [0.3, 0.4) is 0 Å². The number of hydrogen-bond acceptors (Lipinski definition) is 5. The van der Waals surface area contributed by atoms with Crippen LogP contribution in [0.1, 0.15) is 31.8 Å². The number of rotatable bonds is 6. The van der Waals surface area contributed by atoms with Gasteiger partial charge in [0.25, 0.3) is 5.91 Å². The first-order valence-corrected chi connectivity index (χ1v) is 10.3. The standard InChI is InChI=1S/C27H22N2O4/c1-18-6-5-8-21(16-18)26(30)29-28-17-24-23-9-4-3-7-19(23)12-15-25(24)33-27(31)20-10-13-22(32-2)14-11-20/h3-17H,1-2H3,(H,29,30)/b28-17-. The highest BCUT2D eigenvalue weighted by atomic mass is 16.5. The molecule has 0 saturated carbocycles. The van der Waals surface area contributed by atoms with Gasteiger partial charge in [-0.05, 0) is 60.2 Å². The van der Waals surface area contributed by atoms with Crippen molar-refractivity contribution in [1.82, 2.24) is 5.43 Å². The highest BCUT2D eigenvalue weighted by Crippen LogP contribution is 2.27. The van der Waals surface area contributed by atoms with Gasteiger partial charge in [0.15, 0.2) is 0 Å². The number of esters is 1. The molecule has 1 N–H and O–H groups in total. The molecule has 6 nitrogen and oxygen atoms in total. The number of amides is 1. The van der Waals surface area contributed by atoms with Crippen molar-refractivity contribution in [3.05, 3.63) is 107 Å². The molecule has 0 saturated heterocycles. The summed E-state index contributed by atoms with van der Waals surface area (Å²) in [5.74, 6) is 0.149. The zero-order valence-corrected chi connectivity index (χ0v) is 18.2. The highest BCUT2D eigenvalue weighted by Gasteiger charge is 2.14. The number of hydrogen-bond donors (Lipinski definition) is 1. The minimum atomic E-state index is -0.508. The number of benzene rings is 4. The largest absolute Gasteiger partial charge is 0.497 e. The molecule has 4 rings (SSSR count). The van der Waals surface area contributed by atoms with Crippen molar-refractivity contribution in [2.24, 2.45) is 5.10 Å². The summed E-state index contributed by atoms with van der Waals surface area (Å²) in [6.45, 7) is 1.92. The van der Waals surface area contributed by atoms with Crippen molar-refractivity contribution in [3.8, 4) is 11.5 Å². The minimum Gasteiger partial charge on any atom is -0.497 e. The Labute approximate surface area is 191 Å². The van der Waals surface area contributed by atoms with Crippen molar-refractivity contribution >= 4 is 28.9 Å². The molecule has 0 aromatic heterocycles. The molecule has 0 fully saturated rings. The zero-order valence-electron chi connectivity index (χ0n) is 18.2. The monoisotopic (exact) mass is 438 g/mol. The summed E-state index contributed by atoms with van der Waals surface area (Å²) >= 11 is 0. The van der Waals surface area contributed by atoms with Crippen LogP contribution in [0.25, 0.3) is 10.8 Å². The molecule has 6 heteroatoms. The van der Waals surface area contributed by atoms with Gasteiger partial charge in [-0.1, -0.05) is 48.0 Å². The molecular weight excluding hydrogens is 416 g/mol. The van der Waals surface area contributed by atoms with Crippen LogP contribution in [0, 0.1) is 6.92 Å². The van der Waals surface area contributed by atoms with Gasteiger partial charge >= 0.3 is 5.97 Å². The van der Waals surface area contributed by atoms with Crippen molar-refractivity contribution in [1.29, 1.82) is 0 Å². The van der Waals surface area contributed by atoms with Gasteiger partial charge in [-0.2, -0.15) is 5.10 Å². The Bertz CT molecular complexity index is 1340. The molecule has 0 aliphatic carbocycles. The fourth-order valence-corrected chi connectivity index (χ4v) is 3.39. The maximum Gasteiger partial charge on any atom is 0.343 e. The third-order valence-electron chi connectivity index (χ3n) is 5.10. The van der Waals surface area contributed by atoms with E-state index in [2.05, 4.69) is 10.5 Å². The number of nitrogens with one attached hydrogen (secondary N) is 1. The first-order valence-electron chi connectivity index (χ1n) is 10.3. The van der Waals surface area contributed by atoms with E-state index in [1.54, 1.807) is 49.6 Å². The van der Waals surface area contributed by atoms with Crippen LogP contribution < -0.4 is 14.9 Å². The summed E-state index contributed by atoms with van der Waals surface area (Å²) < 4.78 is 10.8. The molecule has 0 heterocycles. The number of carbonyl (C=O) groups excluding carboxylic acids is 2. The quantitative estimate of drug-likeness (QED) is 0.196. The molecule has 0 radical (unpaired) electrons. The topological polar surface area (TPSA) is 77.0 Å². The molecule has 0 unspecified atom stereocenters. The highest BCUT2D eigenvalue weighted by molar-refractivity contribution is 6.04. The molecule has 0 bridgehead atoms. The van der Waals surface area contributed by atoms with E-state index >= 15 is 0 Å². The van der Waals surface area contributed by atoms with E-state index in [4.69, 9.17) is 9.47 Å². The summed E-state index contributed by atoms with van der Waals surface area (Å²) in [7, 11) is 1.56. The van der Waals surface area contributed by atoms with Crippen LogP contribution in [-0.4, -0.2) is 25.2 Å². The van der Waals surface area contributed by atoms with E-state index < -0.39 is 5.97 Å². The second-order valence-corrected chi connectivity index (χ2v) is 7.39. The summed E-state index contributed by atoms with van der Waals surface area (Å²) in [5.41, 5.74) is 5.00. The smallest absolute Gasteiger partial charge is 0.343 e. The van der Waals surface area contributed by atoms with Crippen molar-refractivity contribution in [2.75, 3.05) is 7.11 Å². The number of methoxy groups -OCH3 is 1. The SMILES string of the molecule is COc1ccc(C(=O)Oc2ccc3ccccc3c2/C=N\NC(=O)c2cccc(C)c2)cc1. The van der Waals surface area contributed by atoms with E-state index in [9.17, 15) is 9.59 Å². The van der Waals surface area contributed by atoms with Gasteiger partial charge in [-0.15, -0.1) is 0 Å². The maximum absolute atomic E-state index is 12.7. The Morgan fingerprint density at radius 3 is 2.42 bits per heavy atom. The third-order valence-corrected chi connectivity index (χ3v) is 5.10. The molecule has 0 spiro atoms. The molecule has 0 atom stereocenters. The average molecular weight is 438 g/mol. The first-order chi connectivity index (χ1) is 16.0. The third kappa shape index (κ3) is 5.07. The number of carbonyl (C=O) groups is 2. The van der Waals surface area contributed by atoms with Gasteiger partial charge in [0, 0.05) is 11.1 Å². The Morgan fingerprint density at radius 2 is 1.67 bits per heavy atom. The summed E-state index contributed by atoms with van der Waals surface area (Å²) in [6.07, 6.45) is 1.49. The van der Waals surface area contributed by atoms with Crippen LogP contribution in [0.15, 0.2) is 90.0 Å². The van der Waals surface area contributed by atoms with Crippen molar-refractivity contribution in [3.63, 3.8) is 0 Å². The van der Waals surface area contributed by atoms with E-state index in [0.717, 1.165) is 16.3 Å². The Balaban J connectivity index is 1.61. The van der Waals surface area contributed by atoms with Gasteiger partial charge in [-0.3, -0.25) is 4.79 Å². The number of aryl methyl sites for hydroxylation is 1. The number of hydrazone groups is 1. The predicted molar refractivity (Wildman–Crippen MR) is 128 cm³/mol. The lowest BCUT2D eigenvalue weighted by molar-refractivity contribution is 0.0734. The number of nitrogens with zero attached hydrogens (tertiary/aromatic N) is 1. The van der Waals surface area contributed by atoms with Gasteiger partial charge in [0.1, 0.15) is 11.5 Å². The molecule has 4 aromatic rings. The second-order valence-electron chi connectivity index (χ2n) is 7.39. The van der Waals surface area contributed by atoms with Crippen LogP contribution in [-0.2, 0) is 0 Å². The van der Waals surface area contributed by atoms with Crippen LogP contribution in [0.2, 0.25) is 0 Å². The lowest BCUT2D eigenvalue weighted by Crippen LogP contribution is -2.18. The normalized spacial score (nSPS) is 10.8. The van der Waals surface area contributed by atoms with Crippen LogP contribution in [0.5, 0.6) is 11.5 Å². The molecule has 4 aromatic carbocycles. The van der Waals surface area contributed by atoms with Gasteiger partial charge < -0.3 is 9.47 Å². The van der Waals surface area contributed by atoms with Gasteiger partial charge in [-0.25, -0.2) is 10.2 Å². The summed E-state index contributed by atoms with van der Waals surface area (Å²) in [5, 5.41) is 5.92. The van der Waals surface area contributed by atoms with E-state index in [1.165, 1.54) is 6.21 Å². The number of fused-ring (bicyclic) bond motifs is 1. The molecule has 0 aliphatic rings. The first kappa shape index (κ1) is 21.8. The number of ether oxygens (including phenoxy) is 2. The van der Waals surface area contributed by atoms with Gasteiger partial charge in [0.05, 0.1) is 18.9 Å². The Hall–Kier alpha value is -4.45. The van der Waals surface area contributed by atoms with Crippen LogP contribution >= 0.6 is 0 Å². The van der Waals surface area contributed by atoms with E-state index in [0.29, 0.717) is 28.2 Å². The molecule has 164 valence electrons. The maximum atomic E-state index is 12.7.